The predicted octanol–water partition coefficient (Wildman–Crippen LogP) is 4.34. The molecule has 2 aromatic carbocycles. The summed E-state index contributed by atoms with van der Waals surface area (Å²) in [4.78, 5) is 27.2. The molecule has 30 heavy (non-hydrogen) atoms. The van der Waals surface area contributed by atoms with E-state index < -0.39 is 0 Å². The average molecular weight is 425 g/mol. The number of carbonyl (C=O) groups excluding carboxylic acids is 2. The van der Waals surface area contributed by atoms with Crippen LogP contribution in [-0.4, -0.2) is 59.0 Å². The minimum absolute atomic E-state index is 0.0476. The second-order valence-electron chi connectivity index (χ2n) is 7.83. The van der Waals surface area contributed by atoms with E-state index in [1.54, 1.807) is 0 Å². The van der Waals surface area contributed by atoms with Crippen LogP contribution in [0.2, 0.25) is 0 Å². The first-order valence-electron chi connectivity index (χ1n) is 10.7. The van der Waals surface area contributed by atoms with E-state index >= 15 is 0 Å². The van der Waals surface area contributed by atoms with Crippen molar-refractivity contribution in [1.29, 1.82) is 0 Å². The van der Waals surface area contributed by atoms with Gasteiger partial charge in [-0.15, -0.1) is 0 Å². The Morgan fingerprint density at radius 3 is 2.03 bits per heavy atom. The molecule has 2 aliphatic rings. The number of rotatable bonds is 8. The van der Waals surface area contributed by atoms with Crippen LogP contribution in [0.25, 0.3) is 0 Å². The standard InChI is InChI=1S/C24H28N2O3S/c27-22-18-30-24(28)26(22)15-7-14-25-16-12-21(13-17-25)29-23(19-8-3-1-4-9-19)20-10-5-2-6-11-20/h1-6,8-11,21,23H,7,12-18H2. The lowest BCUT2D eigenvalue weighted by Crippen LogP contribution is -2.39. The fraction of sp³-hybridized carbons (Fsp3) is 0.417. The van der Waals surface area contributed by atoms with Crippen LogP contribution in [0.4, 0.5) is 4.79 Å². The molecule has 0 atom stereocenters. The van der Waals surface area contributed by atoms with Crippen molar-refractivity contribution >= 4 is 22.9 Å². The first-order valence-corrected chi connectivity index (χ1v) is 11.6. The van der Waals surface area contributed by atoms with Crippen LogP contribution in [0, 0.1) is 0 Å². The normalized spacial score (nSPS) is 18.5. The molecule has 0 unspecified atom stereocenters. The molecule has 2 fully saturated rings. The van der Waals surface area contributed by atoms with E-state index in [4.69, 9.17) is 4.74 Å². The number of likely N-dealkylation sites (tertiary alicyclic amines) is 1. The average Bonchev–Trinajstić information content (AvgIpc) is 3.12. The molecule has 6 heteroatoms. The largest absolute Gasteiger partial charge is 0.365 e. The summed E-state index contributed by atoms with van der Waals surface area (Å²) in [6.07, 6.45) is 3.00. The van der Waals surface area contributed by atoms with E-state index in [-0.39, 0.29) is 23.4 Å². The van der Waals surface area contributed by atoms with Crippen LogP contribution in [0.1, 0.15) is 36.5 Å². The summed E-state index contributed by atoms with van der Waals surface area (Å²) < 4.78 is 6.60. The number of nitrogens with zero attached hydrogens (tertiary/aromatic N) is 2. The molecule has 2 saturated heterocycles. The van der Waals surface area contributed by atoms with Crippen LogP contribution in [-0.2, 0) is 9.53 Å². The number of benzene rings is 2. The molecule has 2 aliphatic heterocycles. The quantitative estimate of drug-likeness (QED) is 0.631. The van der Waals surface area contributed by atoms with Gasteiger partial charge in [0.1, 0.15) is 6.10 Å². The maximum atomic E-state index is 11.7. The van der Waals surface area contributed by atoms with Crippen LogP contribution < -0.4 is 0 Å². The lowest BCUT2D eigenvalue weighted by Gasteiger charge is -2.34. The fourth-order valence-corrected chi connectivity index (χ4v) is 4.87. The SMILES string of the molecule is O=C1CSC(=O)N1CCCN1CCC(OC(c2ccccc2)c2ccccc2)CC1. The molecule has 2 heterocycles. The summed E-state index contributed by atoms with van der Waals surface area (Å²) in [7, 11) is 0. The molecule has 5 nitrogen and oxygen atoms in total. The second kappa shape index (κ2) is 10.2. The molecule has 0 N–H and O–H groups in total. The van der Waals surface area contributed by atoms with Crippen LogP contribution in [0.3, 0.4) is 0 Å². The minimum atomic E-state index is -0.0972. The van der Waals surface area contributed by atoms with E-state index in [0.29, 0.717) is 12.3 Å². The lowest BCUT2D eigenvalue weighted by molar-refractivity contribution is -0.124. The summed E-state index contributed by atoms with van der Waals surface area (Å²) in [5.74, 6) is 0.246. The number of imide groups is 1. The number of thioether (sulfide) groups is 1. The third-order valence-corrected chi connectivity index (χ3v) is 6.62. The van der Waals surface area contributed by atoms with Crippen molar-refractivity contribution in [3.05, 3.63) is 71.8 Å². The van der Waals surface area contributed by atoms with Gasteiger partial charge in [-0.1, -0.05) is 72.4 Å². The van der Waals surface area contributed by atoms with Crippen molar-refractivity contribution in [2.75, 3.05) is 31.9 Å². The zero-order valence-electron chi connectivity index (χ0n) is 17.1. The Kier molecular flexibility index (Phi) is 7.20. The molecule has 2 amide bonds. The maximum Gasteiger partial charge on any atom is 0.288 e. The zero-order chi connectivity index (χ0) is 20.8. The molecule has 158 valence electrons. The van der Waals surface area contributed by atoms with E-state index in [1.807, 2.05) is 12.1 Å². The highest BCUT2D eigenvalue weighted by atomic mass is 32.2. The molecular weight excluding hydrogens is 396 g/mol. The number of piperidine rings is 1. The topological polar surface area (TPSA) is 49.9 Å². The zero-order valence-corrected chi connectivity index (χ0v) is 17.9. The monoisotopic (exact) mass is 424 g/mol. The van der Waals surface area contributed by atoms with Gasteiger partial charge in [0.2, 0.25) is 5.91 Å². The van der Waals surface area contributed by atoms with Gasteiger partial charge in [-0.25, -0.2) is 0 Å². The molecular formula is C24H28N2O3S. The van der Waals surface area contributed by atoms with E-state index in [1.165, 1.54) is 16.0 Å². The van der Waals surface area contributed by atoms with Gasteiger partial charge >= 0.3 is 0 Å². The summed E-state index contributed by atoms with van der Waals surface area (Å²) in [6.45, 7) is 3.41. The molecule has 0 aromatic heterocycles. The van der Waals surface area contributed by atoms with Gasteiger partial charge in [0, 0.05) is 19.6 Å². The summed E-state index contributed by atoms with van der Waals surface area (Å²) >= 11 is 1.11. The van der Waals surface area contributed by atoms with Crippen LogP contribution in [0.5, 0.6) is 0 Å². The molecule has 0 radical (unpaired) electrons. The van der Waals surface area contributed by atoms with Gasteiger partial charge < -0.3 is 9.64 Å². The van der Waals surface area contributed by atoms with Crippen molar-refractivity contribution < 1.29 is 14.3 Å². The van der Waals surface area contributed by atoms with Crippen LogP contribution >= 0.6 is 11.8 Å². The van der Waals surface area contributed by atoms with E-state index in [9.17, 15) is 9.59 Å². The van der Waals surface area contributed by atoms with Crippen molar-refractivity contribution in [3.8, 4) is 0 Å². The van der Waals surface area contributed by atoms with Gasteiger partial charge in [0.05, 0.1) is 11.9 Å². The number of carbonyl (C=O) groups is 2. The fourth-order valence-electron chi connectivity index (χ4n) is 4.12. The summed E-state index contributed by atoms with van der Waals surface area (Å²) in [6, 6.07) is 20.8. The number of amides is 2. The van der Waals surface area contributed by atoms with Gasteiger partial charge in [0.15, 0.2) is 0 Å². The van der Waals surface area contributed by atoms with Crippen LogP contribution in [0.15, 0.2) is 60.7 Å². The Balaban J connectivity index is 1.28. The van der Waals surface area contributed by atoms with Crippen molar-refractivity contribution in [1.82, 2.24) is 9.80 Å². The Morgan fingerprint density at radius 2 is 1.50 bits per heavy atom. The van der Waals surface area contributed by atoms with Crippen molar-refractivity contribution in [3.63, 3.8) is 0 Å². The maximum absolute atomic E-state index is 11.7. The van der Waals surface area contributed by atoms with Gasteiger partial charge in [-0.2, -0.15) is 0 Å². The molecule has 0 bridgehead atoms. The minimum Gasteiger partial charge on any atom is -0.365 e. The Hall–Kier alpha value is -2.15. The highest BCUT2D eigenvalue weighted by molar-refractivity contribution is 8.14. The van der Waals surface area contributed by atoms with Gasteiger partial charge in [-0.3, -0.25) is 14.5 Å². The van der Waals surface area contributed by atoms with Gasteiger partial charge in [-0.05, 0) is 36.9 Å². The number of hydrogen-bond acceptors (Lipinski definition) is 5. The molecule has 0 saturated carbocycles. The molecule has 0 aliphatic carbocycles. The van der Waals surface area contributed by atoms with E-state index in [2.05, 4.69) is 53.4 Å². The number of ether oxygens (including phenoxy) is 1. The lowest BCUT2D eigenvalue weighted by atomic mass is 10.00. The Bertz CT molecular complexity index is 783. The summed E-state index contributed by atoms with van der Waals surface area (Å²) in [5, 5.41) is -0.0972. The molecule has 0 spiro atoms. The Morgan fingerprint density at radius 1 is 0.900 bits per heavy atom. The first-order chi connectivity index (χ1) is 14.7. The van der Waals surface area contributed by atoms with Crippen molar-refractivity contribution in [2.24, 2.45) is 0 Å². The molecule has 4 rings (SSSR count). The smallest absolute Gasteiger partial charge is 0.288 e. The number of hydrogen-bond donors (Lipinski definition) is 0. The third kappa shape index (κ3) is 5.31. The highest BCUT2D eigenvalue weighted by Crippen LogP contribution is 2.30. The van der Waals surface area contributed by atoms with Gasteiger partial charge in [0.25, 0.3) is 5.24 Å². The highest BCUT2D eigenvalue weighted by Gasteiger charge is 2.30. The second-order valence-corrected chi connectivity index (χ2v) is 8.76. The van der Waals surface area contributed by atoms with E-state index in [0.717, 1.165) is 50.7 Å². The predicted molar refractivity (Wildman–Crippen MR) is 119 cm³/mol. The Labute approximate surface area is 182 Å². The molecule has 2 aromatic rings. The summed E-state index contributed by atoms with van der Waals surface area (Å²) in [5.41, 5.74) is 2.37. The first kappa shape index (κ1) is 21.1. The van der Waals surface area contributed by atoms with Crippen molar-refractivity contribution in [2.45, 2.75) is 31.5 Å². The third-order valence-electron chi connectivity index (χ3n) is 5.76.